The molecule has 2 aliphatic heterocycles. The first-order chi connectivity index (χ1) is 17.7. The van der Waals surface area contributed by atoms with Crippen LogP contribution in [0.1, 0.15) is 45.4 Å². The lowest BCUT2D eigenvalue weighted by Crippen LogP contribution is -2.52. The van der Waals surface area contributed by atoms with Gasteiger partial charge in [-0.05, 0) is 62.5 Å². The molecule has 0 amide bonds. The molecule has 4 unspecified atom stereocenters. The molecule has 194 valence electrons. The Bertz CT molecular complexity index is 1030. The normalized spacial score (nSPS) is 43.2. The van der Waals surface area contributed by atoms with E-state index in [1.807, 2.05) is 21.6 Å². The van der Waals surface area contributed by atoms with E-state index in [1.165, 1.54) is 24.2 Å². The molecule has 0 bridgehead atoms. The predicted molar refractivity (Wildman–Crippen MR) is 145 cm³/mol. The van der Waals surface area contributed by atoms with Gasteiger partial charge in [0.1, 0.15) is 6.10 Å². The average Bonchev–Trinajstić information content (AvgIpc) is 3.23. The summed E-state index contributed by atoms with van der Waals surface area (Å²) in [5, 5.41) is 0. The van der Waals surface area contributed by atoms with Crippen molar-refractivity contribution < 1.29 is 18.9 Å². The third-order valence-electron chi connectivity index (χ3n) is 10.1. The predicted octanol–water partition coefficient (Wildman–Crippen LogP) is 6.47. The van der Waals surface area contributed by atoms with Crippen molar-refractivity contribution in [3.8, 4) is 0 Å². The molecule has 1 aromatic rings. The molecule has 4 fully saturated rings. The third-order valence-corrected chi connectivity index (χ3v) is 12.5. The first-order valence-electron chi connectivity index (χ1n) is 13.9. The van der Waals surface area contributed by atoms with Crippen LogP contribution in [-0.2, 0) is 18.9 Å². The molecule has 1 aromatic carbocycles. The number of ether oxygens (including phenoxy) is 4. The summed E-state index contributed by atoms with van der Waals surface area (Å²) in [6, 6.07) is 10.8. The van der Waals surface area contributed by atoms with Crippen molar-refractivity contribution in [1.29, 1.82) is 0 Å². The van der Waals surface area contributed by atoms with Crippen molar-refractivity contribution >= 4 is 21.6 Å². The monoisotopic (exact) mass is 526 g/mol. The van der Waals surface area contributed by atoms with Gasteiger partial charge in [-0.2, -0.15) is 0 Å². The van der Waals surface area contributed by atoms with Gasteiger partial charge in [0.15, 0.2) is 0 Å². The first kappa shape index (κ1) is 24.3. The van der Waals surface area contributed by atoms with Gasteiger partial charge in [0.05, 0.1) is 44.7 Å². The number of allylic oxidation sites excluding steroid dienone is 3. The number of rotatable bonds is 5. The third kappa shape index (κ3) is 3.97. The Kier molecular flexibility index (Phi) is 6.59. The van der Waals surface area contributed by atoms with E-state index >= 15 is 0 Å². The van der Waals surface area contributed by atoms with Crippen molar-refractivity contribution in [2.75, 3.05) is 32.2 Å². The molecule has 36 heavy (non-hydrogen) atoms. The van der Waals surface area contributed by atoms with Crippen molar-refractivity contribution in [3.63, 3.8) is 0 Å². The van der Waals surface area contributed by atoms with Gasteiger partial charge in [0, 0.05) is 21.5 Å². The fourth-order valence-corrected chi connectivity index (χ4v) is 10.7. The summed E-state index contributed by atoms with van der Waals surface area (Å²) in [5.41, 5.74) is 3.67. The zero-order valence-electron chi connectivity index (χ0n) is 21.2. The van der Waals surface area contributed by atoms with E-state index in [-0.39, 0.29) is 35.2 Å². The summed E-state index contributed by atoms with van der Waals surface area (Å²) in [4.78, 5) is 1.34. The number of fused-ring (bicyclic) bond motifs is 8. The summed E-state index contributed by atoms with van der Waals surface area (Å²) in [5.74, 6) is 2.42. The van der Waals surface area contributed by atoms with Crippen molar-refractivity contribution in [2.24, 2.45) is 22.7 Å². The Morgan fingerprint density at radius 1 is 0.972 bits per heavy atom. The van der Waals surface area contributed by atoms with E-state index in [0.29, 0.717) is 11.8 Å². The molecule has 8 atom stereocenters. The highest BCUT2D eigenvalue weighted by Crippen LogP contribution is 2.65. The molecular formula is C30H38O4S2. The summed E-state index contributed by atoms with van der Waals surface area (Å²) in [6.45, 7) is 5.43. The fourth-order valence-electron chi connectivity index (χ4n) is 8.50. The minimum Gasteiger partial charge on any atom is -0.373 e. The SMILES string of the molecule is C[C@]12CC=C3[C@@H](CCC4=CC5OCCOC5C[C@@]43CCSSc3ccccc3)[C@@H]1CC1OCCOC12. The van der Waals surface area contributed by atoms with E-state index in [0.717, 1.165) is 51.4 Å². The standard InChI is InChI=1S/C30H38O4S2/c1-29-10-9-23-22(24(29)18-26-28(29)34-15-14-32-26)8-7-20-17-25-27(33-13-12-31-25)19-30(20,23)11-16-35-36-21-5-3-2-4-6-21/h2-6,9,17,22,24-28H,7-8,10-16,18-19H2,1H3/t22-,24+,25?,26?,27?,28?,29+,30+/m1/s1. The number of hydrogen-bond donors (Lipinski definition) is 0. The van der Waals surface area contributed by atoms with E-state index < -0.39 is 0 Å². The molecule has 0 radical (unpaired) electrons. The molecule has 4 aliphatic carbocycles. The molecule has 2 heterocycles. The highest BCUT2D eigenvalue weighted by molar-refractivity contribution is 8.76. The highest BCUT2D eigenvalue weighted by atomic mass is 33.1. The van der Waals surface area contributed by atoms with Crippen LogP contribution < -0.4 is 0 Å². The number of benzene rings is 1. The second-order valence-electron chi connectivity index (χ2n) is 11.7. The molecule has 4 nitrogen and oxygen atoms in total. The van der Waals surface area contributed by atoms with Crippen LogP contribution in [0.5, 0.6) is 0 Å². The first-order valence-corrected chi connectivity index (χ1v) is 16.2. The van der Waals surface area contributed by atoms with Crippen LogP contribution >= 0.6 is 21.6 Å². The van der Waals surface area contributed by atoms with Gasteiger partial charge >= 0.3 is 0 Å². The van der Waals surface area contributed by atoms with Crippen molar-refractivity contribution in [3.05, 3.63) is 53.6 Å². The average molecular weight is 527 g/mol. The Morgan fingerprint density at radius 3 is 2.67 bits per heavy atom. The summed E-state index contributed by atoms with van der Waals surface area (Å²) in [6.07, 6.45) is 13.0. The highest BCUT2D eigenvalue weighted by Gasteiger charge is 2.61. The minimum atomic E-state index is 0.117. The maximum atomic E-state index is 6.37. The van der Waals surface area contributed by atoms with E-state index in [2.05, 4.69) is 49.4 Å². The molecule has 0 aromatic heterocycles. The second-order valence-corrected chi connectivity index (χ2v) is 14.2. The van der Waals surface area contributed by atoms with Crippen LogP contribution in [-0.4, -0.2) is 56.6 Å². The van der Waals surface area contributed by atoms with Crippen LogP contribution in [0.4, 0.5) is 0 Å². The van der Waals surface area contributed by atoms with E-state index in [9.17, 15) is 0 Å². The van der Waals surface area contributed by atoms with Crippen LogP contribution in [0.2, 0.25) is 0 Å². The van der Waals surface area contributed by atoms with Crippen LogP contribution in [0.15, 0.2) is 58.5 Å². The van der Waals surface area contributed by atoms with Crippen molar-refractivity contribution in [2.45, 2.75) is 74.8 Å². The van der Waals surface area contributed by atoms with Gasteiger partial charge in [-0.1, -0.05) is 70.0 Å². The Hall–Kier alpha value is -0.760. The van der Waals surface area contributed by atoms with Crippen LogP contribution in [0.3, 0.4) is 0 Å². The quantitative estimate of drug-likeness (QED) is 0.249. The minimum absolute atomic E-state index is 0.117. The molecule has 7 rings (SSSR count). The van der Waals surface area contributed by atoms with Gasteiger partial charge in [0.2, 0.25) is 0 Å². The Labute approximate surface area is 223 Å². The van der Waals surface area contributed by atoms with Gasteiger partial charge < -0.3 is 18.9 Å². The molecule has 0 spiro atoms. The van der Waals surface area contributed by atoms with E-state index in [1.54, 1.807) is 11.1 Å². The van der Waals surface area contributed by atoms with Gasteiger partial charge in [-0.25, -0.2) is 0 Å². The molecule has 2 saturated carbocycles. The fraction of sp³-hybridized carbons (Fsp3) is 0.667. The molecular weight excluding hydrogens is 488 g/mol. The molecule has 2 saturated heterocycles. The van der Waals surface area contributed by atoms with E-state index in [4.69, 9.17) is 18.9 Å². The van der Waals surface area contributed by atoms with Crippen LogP contribution in [0, 0.1) is 22.7 Å². The van der Waals surface area contributed by atoms with Crippen molar-refractivity contribution in [1.82, 2.24) is 0 Å². The largest absolute Gasteiger partial charge is 0.373 e. The van der Waals surface area contributed by atoms with Gasteiger partial charge in [-0.3, -0.25) is 0 Å². The number of hydrogen-bond acceptors (Lipinski definition) is 6. The summed E-state index contributed by atoms with van der Waals surface area (Å²) < 4.78 is 25.2. The van der Waals surface area contributed by atoms with Gasteiger partial charge in [0.25, 0.3) is 0 Å². The summed E-state index contributed by atoms with van der Waals surface area (Å²) >= 11 is 0. The second kappa shape index (κ2) is 9.77. The molecule has 6 heteroatoms. The summed E-state index contributed by atoms with van der Waals surface area (Å²) in [7, 11) is 3.92. The lowest BCUT2D eigenvalue weighted by atomic mass is 9.50. The Balaban J connectivity index is 1.19. The lowest BCUT2D eigenvalue weighted by molar-refractivity contribution is -0.157. The zero-order valence-corrected chi connectivity index (χ0v) is 22.9. The zero-order chi connectivity index (χ0) is 24.2. The van der Waals surface area contributed by atoms with Crippen LogP contribution in [0.25, 0.3) is 0 Å². The molecule has 0 N–H and O–H groups in total. The Morgan fingerprint density at radius 2 is 1.78 bits per heavy atom. The topological polar surface area (TPSA) is 36.9 Å². The van der Waals surface area contributed by atoms with Gasteiger partial charge in [-0.15, -0.1) is 0 Å². The lowest BCUT2D eigenvalue weighted by Gasteiger charge is -2.56. The maximum Gasteiger partial charge on any atom is 0.102 e. The molecule has 6 aliphatic rings. The smallest absolute Gasteiger partial charge is 0.102 e. The maximum absolute atomic E-state index is 6.37.